The maximum Gasteiger partial charge on any atom is 0.435 e. The van der Waals surface area contributed by atoms with Gasteiger partial charge in [0, 0.05) is 12.3 Å². The van der Waals surface area contributed by atoms with Gasteiger partial charge in [-0.05, 0) is 6.07 Å². The lowest BCUT2D eigenvalue weighted by Crippen LogP contribution is -2.54. The number of carboxylic acids is 1. The zero-order chi connectivity index (χ0) is 19.8. The van der Waals surface area contributed by atoms with Crippen LogP contribution in [0.15, 0.2) is 24.5 Å². The van der Waals surface area contributed by atoms with Crippen LogP contribution in [0.2, 0.25) is 0 Å². The van der Waals surface area contributed by atoms with E-state index in [-0.39, 0.29) is 37.1 Å². The van der Waals surface area contributed by atoms with Crippen molar-refractivity contribution in [1.82, 2.24) is 20.0 Å². The lowest BCUT2D eigenvalue weighted by Gasteiger charge is -2.31. The molecule has 2 aromatic rings. The molecule has 0 saturated carbocycles. The summed E-state index contributed by atoms with van der Waals surface area (Å²) in [6, 6.07) is 2.09. The summed E-state index contributed by atoms with van der Waals surface area (Å²) >= 11 is 0. The molecule has 1 fully saturated rings. The number of amides is 1. The summed E-state index contributed by atoms with van der Waals surface area (Å²) in [6.45, 7) is -0.0241. The Kier molecular flexibility index (Phi) is 6.21. The molecule has 1 aliphatic rings. The van der Waals surface area contributed by atoms with Crippen LogP contribution in [0.1, 0.15) is 5.69 Å². The first-order valence-corrected chi connectivity index (χ1v) is 7.48. The molecule has 152 valence electrons. The van der Waals surface area contributed by atoms with Crippen molar-refractivity contribution in [3.05, 3.63) is 30.2 Å². The Hall–Kier alpha value is -2.77. The number of aliphatic hydroxyl groups is 1. The van der Waals surface area contributed by atoms with Crippen molar-refractivity contribution >= 4 is 30.1 Å². The third-order valence-electron chi connectivity index (χ3n) is 3.71. The minimum absolute atomic E-state index is 0. The van der Waals surface area contributed by atoms with Crippen LogP contribution in [0.5, 0.6) is 0 Å². The second kappa shape index (κ2) is 8.08. The Morgan fingerprint density at radius 1 is 1.39 bits per heavy atom. The number of anilines is 1. The van der Waals surface area contributed by atoms with Crippen LogP contribution < -0.4 is 4.90 Å². The molecule has 3 heterocycles. The number of aliphatic carboxylic acids is 1. The fraction of sp³-hybridized carbons (Fsp3) is 0.357. The molecule has 3 rings (SSSR count). The summed E-state index contributed by atoms with van der Waals surface area (Å²) in [4.78, 5) is 24.3. The smallest absolute Gasteiger partial charge is 0.435 e. The van der Waals surface area contributed by atoms with E-state index in [0.717, 1.165) is 21.8 Å². The lowest BCUT2D eigenvalue weighted by molar-refractivity contribution is -0.163. The summed E-state index contributed by atoms with van der Waals surface area (Å²) in [5, 5.41) is 28.7. The normalized spacial score (nSPS) is 18.5. The molecule has 2 N–H and O–H groups in total. The Morgan fingerprint density at radius 2 is 2.11 bits per heavy atom. The largest absolute Gasteiger partial charge is 0.479 e. The standard InChI is InChI=1S/C14H12F3N5O5.ClH/c15-14(16,17)8-5-7(6-18-19-8)22-2-1-9(20-22)21-3-4-27-11(12(21)24)10(23)13(25)26;/h1-2,5-6,10-11,23H,3-4H2,(H,25,26);1H/t10-,11?;/m1./s1. The van der Waals surface area contributed by atoms with Gasteiger partial charge < -0.3 is 14.9 Å². The predicted molar refractivity (Wildman–Crippen MR) is 87.1 cm³/mol. The molecular weight excluding hydrogens is 411 g/mol. The first-order chi connectivity index (χ1) is 12.7. The number of hydrogen-bond donors (Lipinski definition) is 2. The van der Waals surface area contributed by atoms with E-state index in [1.165, 1.54) is 12.3 Å². The molecule has 14 heteroatoms. The number of aromatic nitrogens is 4. The molecule has 1 saturated heterocycles. The van der Waals surface area contributed by atoms with Crippen LogP contribution in [0.3, 0.4) is 0 Å². The molecule has 1 amide bonds. The second-order valence-corrected chi connectivity index (χ2v) is 5.48. The fourth-order valence-corrected chi connectivity index (χ4v) is 2.41. The molecule has 0 radical (unpaired) electrons. The molecule has 1 aliphatic heterocycles. The maximum absolute atomic E-state index is 12.7. The van der Waals surface area contributed by atoms with Gasteiger partial charge in [0.2, 0.25) is 0 Å². The number of morpholine rings is 1. The average molecular weight is 424 g/mol. The summed E-state index contributed by atoms with van der Waals surface area (Å²) in [7, 11) is 0. The van der Waals surface area contributed by atoms with Crippen LogP contribution in [0.25, 0.3) is 5.69 Å². The highest BCUT2D eigenvalue weighted by Crippen LogP contribution is 2.28. The van der Waals surface area contributed by atoms with Crippen molar-refractivity contribution in [2.24, 2.45) is 0 Å². The lowest BCUT2D eigenvalue weighted by atomic mass is 10.1. The summed E-state index contributed by atoms with van der Waals surface area (Å²) < 4.78 is 44.3. The van der Waals surface area contributed by atoms with Gasteiger partial charge in [0.25, 0.3) is 5.91 Å². The number of aliphatic hydroxyl groups excluding tert-OH is 1. The molecule has 1 unspecified atom stereocenters. The number of carbonyl (C=O) groups is 2. The Labute approximate surface area is 160 Å². The molecule has 2 atom stereocenters. The first kappa shape index (κ1) is 21.5. The number of rotatable bonds is 4. The van der Waals surface area contributed by atoms with Gasteiger partial charge in [0.15, 0.2) is 23.7 Å². The number of hydrogen-bond acceptors (Lipinski definition) is 7. The average Bonchev–Trinajstić information content (AvgIpc) is 3.10. The van der Waals surface area contributed by atoms with Crippen molar-refractivity contribution in [3.8, 4) is 5.69 Å². The van der Waals surface area contributed by atoms with Gasteiger partial charge in [0.05, 0.1) is 25.0 Å². The van der Waals surface area contributed by atoms with Gasteiger partial charge >= 0.3 is 12.1 Å². The van der Waals surface area contributed by atoms with E-state index in [9.17, 15) is 27.9 Å². The highest BCUT2D eigenvalue weighted by atomic mass is 35.5. The molecule has 0 spiro atoms. The second-order valence-electron chi connectivity index (χ2n) is 5.48. The summed E-state index contributed by atoms with van der Waals surface area (Å²) in [6.07, 6.45) is -5.98. The van der Waals surface area contributed by atoms with Crippen molar-refractivity contribution in [1.29, 1.82) is 0 Å². The maximum atomic E-state index is 12.7. The van der Waals surface area contributed by atoms with E-state index in [4.69, 9.17) is 9.84 Å². The third-order valence-corrected chi connectivity index (χ3v) is 3.71. The molecule has 0 aromatic carbocycles. The predicted octanol–water partition coefficient (Wildman–Crippen LogP) is 0.280. The number of nitrogens with zero attached hydrogens (tertiary/aromatic N) is 5. The topological polar surface area (TPSA) is 131 Å². The fourth-order valence-electron chi connectivity index (χ4n) is 2.41. The number of halogens is 4. The Balaban J connectivity index is 0.00000280. The number of carbonyl (C=O) groups excluding carboxylic acids is 1. The minimum atomic E-state index is -4.68. The molecule has 2 aromatic heterocycles. The highest BCUT2D eigenvalue weighted by molar-refractivity contribution is 5.99. The van der Waals surface area contributed by atoms with Crippen LogP contribution in [0.4, 0.5) is 19.0 Å². The van der Waals surface area contributed by atoms with Crippen molar-refractivity contribution in [2.45, 2.75) is 18.4 Å². The van der Waals surface area contributed by atoms with Crippen molar-refractivity contribution < 1.29 is 37.7 Å². The molecule has 28 heavy (non-hydrogen) atoms. The van der Waals surface area contributed by atoms with Gasteiger partial charge in [-0.2, -0.15) is 18.3 Å². The zero-order valence-electron chi connectivity index (χ0n) is 13.8. The molecular formula is C14H13ClF3N5O5. The van der Waals surface area contributed by atoms with E-state index in [0.29, 0.717) is 0 Å². The molecule has 0 bridgehead atoms. The molecule has 0 aliphatic carbocycles. The first-order valence-electron chi connectivity index (χ1n) is 7.48. The monoisotopic (exact) mass is 423 g/mol. The number of carboxylic acid groups (broad SMARTS) is 1. The van der Waals surface area contributed by atoms with Crippen molar-refractivity contribution in [3.63, 3.8) is 0 Å². The quantitative estimate of drug-likeness (QED) is 0.717. The number of alkyl halides is 3. The van der Waals surface area contributed by atoms with Crippen LogP contribution in [0, 0.1) is 0 Å². The number of ether oxygens (including phenoxy) is 1. The Bertz CT molecular complexity index is 877. The highest BCUT2D eigenvalue weighted by Gasteiger charge is 2.40. The SMILES string of the molecule is Cl.O=C(O)[C@H](O)C1OCCN(c2ccn(-c3cnnc(C(F)(F)F)c3)n2)C1=O. The van der Waals surface area contributed by atoms with Crippen LogP contribution >= 0.6 is 12.4 Å². The van der Waals surface area contributed by atoms with E-state index < -0.39 is 36.0 Å². The Morgan fingerprint density at radius 3 is 2.75 bits per heavy atom. The van der Waals surface area contributed by atoms with Gasteiger partial charge in [-0.1, -0.05) is 0 Å². The van der Waals surface area contributed by atoms with Gasteiger partial charge in [0.1, 0.15) is 0 Å². The van der Waals surface area contributed by atoms with Crippen LogP contribution in [-0.4, -0.2) is 67.4 Å². The molecule has 10 nitrogen and oxygen atoms in total. The van der Waals surface area contributed by atoms with E-state index in [1.54, 1.807) is 0 Å². The van der Waals surface area contributed by atoms with E-state index in [1.807, 2.05) is 0 Å². The summed E-state index contributed by atoms with van der Waals surface area (Å²) in [5.41, 5.74) is -1.24. The van der Waals surface area contributed by atoms with Crippen molar-refractivity contribution in [2.75, 3.05) is 18.1 Å². The van der Waals surface area contributed by atoms with Gasteiger partial charge in [-0.15, -0.1) is 22.6 Å². The third kappa shape index (κ3) is 4.21. The van der Waals surface area contributed by atoms with Gasteiger partial charge in [-0.3, -0.25) is 9.69 Å². The van der Waals surface area contributed by atoms with Gasteiger partial charge in [-0.25, -0.2) is 9.48 Å². The van der Waals surface area contributed by atoms with Crippen LogP contribution in [-0.2, 0) is 20.5 Å². The van der Waals surface area contributed by atoms with E-state index in [2.05, 4.69) is 15.3 Å². The zero-order valence-corrected chi connectivity index (χ0v) is 14.6. The summed E-state index contributed by atoms with van der Waals surface area (Å²) in [5.74, 6) is -2.40. The van der Waals surface area contributed by atoms with E-state index >= 15 is 0 Å². The minimum Gasteiger partial charge on any atom is -0.479 e.